The number of rotatable bonds is 2. The number of thiol groups is 1. The number of urea groups is 1. The van der Waals surface area contributed by atoms with Crippen molar-refractivity contribution in [3.8, 4) is 5.75 Å². The Hall–Kier alpha value is -2.06. The van der Waals surface area contributed by atoms with Crippen molar-refractivity contribution in [1.29, 1.82) is 0 Å². The van der Waals surface area contributed by atoms with Crippen molar-refractivity contribution in [3.05, 3.63) is 53.1 Å². The Morgan fingerprint density at radius 1 is 1.17 bits per heavy atom. The van der Waals surface area contributed by atoms with E-state index < -0.39 is 17.8 Å². The number of hydrogen-bond acceptors (Lipinski definition) is 3. The van der Waals surface area contributed by atoms with Gasteiger partial charge in [0.2, 0.25) is 0 Å². The topological polar surface area (TPSA) is 52.6 Å². The largest absolute Gasteiger partial charge is 0.506 e. The minimum absolute atomic E-state index is 0.0314. The van der Waals surface area contributed by atoms with Gasteiger partial charge in [-0.15, -0.1) is 0 Å². The molecule has 0 aliphatic rings. The maximum atomic E-state index is 12.5. The van der Waals surface area contributed by atoms with Gasteiger partial charge in [0.15, 0.2) is 0 Å². The van der Waals surface area contributed by atoms with Crippen LogP contribution in [0.3, 0.4) is 0 Å². The molecule has 23 heavy (non-hydrogen) atoms. The summed E-state index contributed by atoms with van der Waals surface area (Å²) in [6, 6.07) is 7.28. The third-order valence-corrected chi connectivity index (χ3v) is 3.55. The first-order chi connectivity index (χ1) is 10.7. The van der Waals surface area contributed by atoms with Gasteiger partial charge in [0.25, 0.3) is 0 Å². The number of carbonyl (C=O) groups excluding carboxylic acids is 1. The first kappa shape index (κ1) is 17.3. The maximum absolute atomic E-state index is 12.5. The van der Waals surface area contributed by atoms with Crippen LogP contribution in [0.5, 0.6) is 5.75 Å². The molecule has 0 saturated carbocycles. The van der Waals surface area contributed by atoms with Crippen LogP contribution in [0.25, 0.3) is 0 Å². The van der Waals surface area contributed by atoms with Gasteiger partial charge in [-0.3, -0.25) is 0 Å². The highest BCUT2D eigenvalue weighted by Crippen LogP contribution is 2.31. The summed E-state index contributed by atoms with van der Waals surface area (Å²) in [5.74, 6) is -0.153. The van der Waals surface area contributed by atoms with Crippen molar-refractivity contribution in [2.75, 3.05) is 9.62 Å². The predicted octanol–water partition coefficient (Wildman–Crippen LogP) is 4.95. The summed E-state index contributed by atoms with van der Waals surface area (Å²) in [5, 5.41) is 11.7. The van der Waals surface area contributed by atoms with E-state index in [0.29, 0.717) is 0 Å². The molecule has 0 heterocycles. The summed E-state index contributed by atoms with van der Waals surface area (Å²) in [6.07, 6.45) is -4.44. The van der Waals surface area contributed by atoms with Gasteiger partial charge in [-0.2, -0.15) is 13.2 Å². The first-order valence-corrected chi connectivity index (χ1v) is 6.92. The first-order valence-electron chi connectivity index (χ1n) is 6.14. The molecule has 9 heteroatoms. The van der Waals surface area contributed by atoms with Crippen LogP contribution in [0.1, 0.15) is 5.56 Å². The quantitative estimate of drug-likeness (QED) is 0.662. The number of aromatic hydroxyl groups is 1. The van der Waals surface area contributed by atoms with E-state index in [4.69, 9.17) is 11.6 Å². The average molecular weight is 363 g/mol. The average Bonchev–Trinajstić information content (AvgIpc) is 2.49. The van der Waals surface area contributed by atoms with Gasteiger partial charge in [0.05, 0.1) is 16.3 Å². The zero-order chi connectivity index (χ0) is 17.2. The van der Waals surface area contributed by atoms with Gasteiger partial charge in [-0.05, 0) is 42.5 Å². The molecular weight excluding hydrogens is 353 g/mol. The van der Waals surface area contributed by atoms with Gasteiger partial charge < -0.3 is 10.4 Å². The fraction of sp³-hybridized carbons (Fsp3) is 0.0714. The van der Waals surface area contributed by atoms with Gasteiger partial charge in [0, 0.05) is 5.69 Å². The predicted molar refractivity (Wildman–Crippen MR) is 85.0 cm³/mol. The molecule has 0 unspecified atom stereocenters. The van der Waals surface area contributed by atoms with Crippen molar-refractivity contribution in [1.82, 2.24) is 0 Å². The summed E-state index contributed by atoms with van der Waals surface area (Å²) in [5.41, 5.74) is -0.365. The SMILES string of the molecule is O=C(Nc1ccc(C(F)(F)F)cc1)N(S)c1ccc(O)c(Cl)c1. The van der Waals surface area contributed by atoms with E-state index in [2.05, 4.69) is 18.1 Å². The Labute approximate surface area is 140 Å². The molecule has 2 rings (SSSR count). The van der Waals surface area contributed by atoms with Crippen molar-refractivity contribution in [3.63, 3.8) is 0 Å². The molecule has 2 aromatic carbocycles. The molecular formula is C14H10ClF3N2O2S. The summed E-state index contributed by atoms with van der Waals surface area (Å²) in [6.45, 7) is 0. The van der Waals surface area contributed by atoms with E-state index in [9.17, 15) is 23.1 Å². The second-order valence-corrected chi connectivity index (χ2v) is 5.26. The van der Waals surface area contributed by atoms with Crippen LogP contribution in [-0.4, -0.2) is 11.1 Å². The van der Waals surface area contributed by atoms with Crippen molar-refractivity contribution in [2.24, 2.45) is 0 Å². The van der Waals surface area contributed by atoms with E-state index in [-0.39, 0.29) is 22.1 Å². The minimum Gasteiger partial charge on any atom is -0.506 e. The lowest BCUT2D eigenvalue weighted by Crippen LogP contribution is -2.26. The smallest absolute Gasteiger partial charge is 0.416 e. The number of amides is 2. The maximum Gasteiger partial charge on any atom is 0.416 e. The highest BCUT2D eigenvalue weighted by molar-refractivity contribution is 7.82. The second-order valence-electron chi connectivity index (χ2n) is 4.45. The molecule has 4 nitrogen and oxygen atoms in total. The van der Waals surface area contributed by atoms with Gasteiger partial charge in [-0.25, -0.2) is 9.10 Å². The highest BCUT2D eigenvalue weighted by atomic mass is 35.5. The summed E-state index contributed by atoms with van der Waals surface area (Å²) in [7, 11) is 0. The van der Waals surface area contributed by atoms with E-state index in [1.54, 1.807) is 0 Å². The van der Waals surface area contributed by atoms with E-state index >= 15 is 0 Å². The molecule has 0 aromatic heterocycles. The number of alkyl halides is 3. The van der Waals surface area contributed by atoms with Crippen LogP contribution in [0, 0.1) is 0 Å². The number of benzene rings is 2. The van der Waals surface area contributed by atoms with Crippen LogP contribution in [-0.2, 0) is 6.18 Å². The van der Waals surface area contributed by atoms with Crippen molar-refractivity contribution < 1.29 is 23.1 Å². The molecule has 0 fully saturated rings. The fourth-order valence-corrected chi connectivity index (χ4v) is 2.01. The molecule has 0 aliphatic carbocycles. The lowest BCUT2D eigenvalue weighted by atomic mass is 10.2. The fourth-order valence-electron chi connectivity index (χ4n) is 1.66. The zero-order valence-electron chi connectivity index (χ0n) is 11.3. The monoisotopic (exact) mass is 362 g/mol. The number of hydrogen-bond donors (Lipinski definition) is 3. The Morgan fingerprint density at radius 2 is 1.78 bits per heavy atom. The molecule has 0 bridgehead atoms. The second kappa shape index (κ2) is 6.59. The number of phenols is 1. The minimum atomic E-state index is -4.44. The number of nitrogens with one attached hydrogen (secondary N) is 1. The molecule has 2 amide bonds. The van der Waals surface area contributed by atoms with Crippen molar-refractivity contribution in [2.45, 2.75) is 6.18 Å². The number of carbonyl (C=O) groups is 1. The lowest BCUT2D eigenvalue weighted by molar-refractivity contribution is -0.137. The van der Waals surface area contributed by atoms with Gasteiger partial charge in [-0.1, -0.05) is 24.4 Å². The van der Waals surface area contributed by atoms with Gasteiger partial charge >= 0.3 is 12.2 Å². The molecule has 0 radical (unpaired) electrons. The van der Waals surface area contributed by atoms with Gasteiger partial charge in [0.1, 0.15) is 5.75 Å². The number of anilines is 2. The Kier molecular flexibility index (Phi) is 4.96. The van der Waals surface area contributed by atoms with E-state index in [1.807, 2.05) is 0 Å². The number of halogens is 4. The number of nitrogens with zero attached hydrogens (tertiary/aromatic N) is 1. The summed E-state index contributed by atoms with van der Waals surface area (Å²) >= 11 is 9.73. The van der Waals surface area contributed by atoms with Crippen LogP contribution in [0.2, 0.25) is 5.02 Å². The Balaban J connectivity index is 2.10. The Bertz CT molecular complexity index is 723. The normalized spacial score (nSPS) is 11.2. The molecule has 2 aromatic rings. The van der Waals surface area contributed by atoms with E-state index in [1.165, 1.54) is 18.2 Å². The van der Waals surface area contributed by atoms with E-state index in [0.717, 1.165) is 28.6 Å². The van der Waals surface area contributed by atoms with Crippen molar-refractivity contribution >= 4 is 41.8 Å². The standard InChI is InChI=1S/C14H10ClF3N2O2S/c15-11-7-10(5-6-12(11)21)20(23)13(22)19-9-3-1-8(2-4-9)14(16,17)18/h1-7,21,23H,(H,19,22). The third kappa shape index (κ3) is 4.23. The lowest BCUT2D eigenvalue weighted by Gasteiger charge is -2.17. The summed E-state index contributed by atoms with van der Waals surface area (Å²) < 4.78 is 38.3. The molecule has 0 atom stereocenters. The molecule has 0 spiro atoms. The Morgan fingerprint density at radius 3 is 2.30 bits per heavy atom. The zero-order valence-corrected chi connectivity index (χ0v) is 13.0. The summed E-state index contributed by atoms with van der Waals surface area (Å²) in [4.78, 5) is 12.0. The molecule has 0 aliphatic heterocycles. The third-order valence-electron chi connectivity index (χ3n) is 2.83. The molecule has 2 N–H and O–H groups in total. The highest BCUT2D eigenvalue weighted by Gasteiger charge is 2.30. The van der Waals surface area contributed by atoms with Crippen LogP contribution >= 0.6 is 24.4 Å². The van der Waals surface area contributed by atoms with Crippen LogP contribution < -0.4 is 9.62 Å². The van der Waals surface area contributed by atoms with Crippen LogP contribution in [0.15, 0.2) is 42.5 Å². The number of phenolic OH excluding ortho intramolecular Hbond substituents is 1. The molecule has 0 saturated heterocycles. The molecule has 122 valence electrons. The van der Waals surface area contributed by atoms with Crippen LogP contribution in [0.4, 0.5) is 29.3 Å².